The van der Waals surface area contributed by atoms with Crippen LogP contribution in [0.25, 0.3) is 0 Å². The summed E-state index contributed by atoms with van der Waals surface area (Å²) >= 11 is 0. The van der Waals surface area contributed by atoms with Gasteiger partial charge in [-0.05, 0) is 17.7 Å². The predicted octanol–water partition coefficient (Wildman–Crippen LogP) is 1.64. The Morgan fingerprint density at radius 3 is 2.65 bits per heavy atom. The standard InChI is InChI=1S/C17H18F3N5O/c1-24-9-14(10-2-4-11(5-3-10)17(18,19)20)23-16-22-13-6-7-21-8-12(13)15(26)25(16)24/h2-5,14,21H,6-9H2,1H3,(H,22,23)/t14-/m0/s1. The van der Waals surface area contributed by atoms with Crippen LogP contribution in [0, 0.1) is 0 Å². The number of hydrogen-bond donors (Lipinski definition) is 2. The summed E-state index contributed by atoms with van der Waals surface area (Å²) in [5, 5.41) is 8.12. The van der Waals surface area contributed by atoms with Crippen LogP contribution in [0.5, 0.6) is 0 Å². The predicted molar refractivity (Wildman–Crippen MR) is 90.7 cm³/mol. The number of fused-ring (bicyclic) bond motifs is 2. The number of hydrogen-bond acceptors (Lipinski definition) is 5. The molecule has 9 heteroatoms. The maximum absolute atomic E-state index is 12.7. The Hall–Kier alpha value is -2.55. The van der Waals surface area contributed by atoms with Gasteiger partial charge in [-0.25, -0.2) is 4.98 Å². The van der Waals surface area contributed by atoms with Crippen molar-refractivity contribution in [2.45, 2.75) is 25.2 Å². The van der Waals surface area contributed by atoms with Gasteiger partial charge in [0.2, 0.25) is 5.95 Å². The van der Waals surface area contributed by atoms with E-state index in [1.54, 1.807) is 12.1 Å². The van der Waals surface area contributed by atoms with Crippen molar-refractivity contribution in [2.24, 2.45) is 0 Å². The lowest BCUT2D eigenvalue weighted by Crippen LogP contribution is -2.51. The molecule has 2 aliphatic heterocycles. The van der Waals surface area contributed by atoms with Gasteiger partial charge in [0, 0.05) is 26.6 Å². The summed E-state index contributed by atoms with van der Waals surface area (Å²) in [7, 11) is 1.77. The van der Waals surface area contributed by atoms with Crippen molar-refractivity contribution in [3.05, 3.63) is 57.0 Å². The average Bonchev–Trinajstić information content (AvgIpc) is 2.61. The fraction of sp³-hybridized carbons (Fsp3) is 0.412. The van der Waals surface area contributed by atoms with Crippen molar-refractivity contribution in [3.8, 4) is 0 Å². The molecule has 0 spiro atoms. The van der Waals surface area contributed by atoms with Gasteiger partial charge < -0.3 is 15.6 Å². The highest BCUT2D eigenvalue weighted by molar-refractivity contribution is 5.41. The van der Waals surface area contributed by atoms with E-state index in [1.807, 2.05) is 0 Å². The fourth-order valence-corrected chi connectivity index (χ4v) is 3.45. The molecule has 2 N–H and O–H groups in total. The van der Waals surface area contributed by atoms with Crippen LogP contribution in [-0.4, -0.2) is 29.8 Å². The molecule has 0 amide bonds. The van der Waals surface area contributed by atoms with E-state index in [2.05, 4.69) is 15.6 Å². The molecular weight excluding hydrogens is 347 g/mol. The Kier molecular flexibility index (Phi) is 3.91. The third kappa shape index (κ3) is 2.82. The summed E-state index contributed by atoms with van der Waals surface area (Å²) in [5.74, 6) is 0.425. The molecule has 26 heavy (non-hydrogen) atoms. The monoisotopic (exact) mass is 365 g/mol. The summed E-state index contributed by atoms with van der Waals surface area (Å²) in [6.07, 6.45) is -3.68. The molecule has 1 aromatic carbocycles. The molecule has 0 bridgehead atoms. The Labute approximate surface area is 147 Å². The third-order valence-corrected chi connectivity index (χ3v) is 4.81. The van der Waals surface area contributed by atoms with Gasteiger partial charge in [-0.1, -0.05) is 12.1 Å². The average molecular weight is 365 g/mol. The van der Waals surface area contributed by atoms with Gasteiger partial charge in [0.1, 0.15) is 0 Å². The second kappa shape index (κ2) is 6.01. The number of rotatable bonds is 1. The van der Waals surface area contributed by atoms with Gasteiger partial charge in [-0.15, -0.1) is 0 Å². The van der Waals surface area contributed by atoms with E-state index in [0.29, 0.717) is 36.6 Å². The normalized spacial score (nSPS) is 19.5. The molecule has 0 unspecified atom stereocenters. The van der Waals surface area contributed by atoms with Crippen molar-refractivity contribution >= 4 is 5.95 Å². The van der Waals surface area contributed by atoms with Crippen LogP contribution in [0.3, 0.4) is 0 Å². The highest BCUT2D eigenvalue weighted by Gasteiger charge is 2.31. The number of aromatic nitrogens is 2. The second-order valence-electron chi connectivity index (χ2n) is 6.56. The third-order valence-electron chi connectivity index (χ3n) is 4.81. The molecule has 0 fully saturated rings. The van der Waals surface area contributed by atoms with Gasteiger partial charge in [0.05, 0.1) is 29.4 Å². The van der Waals surface area contributed by atoms with E-state index in [4.69, 9.17) is 0 Å². The molecule has 0 aliphatic carbocycles. The minimum absolute atomic E-state index is 0.113. The molecule has 0 saturated heterocycles. The molecule has 138 valence electrons. The number of nitrogens with one attached hydrogen (secondary N) is 2. The first-order valence-corrected chi connectivity index (χ1v) is 8.35. The highest BCUT2D eigenvalue weighted by atomic mass is 19.4. The number of alkyl halides is 3. The first-order chi connectivity index (χ1) is 12.3. The molecule has 6 nitrogen and oxygen atoms in total. The van der Waals surface area contributed by atoms with Gasteiger partial charge in [-0.2, -0.15) is 17.8 Å². The van der Waals surface area contributed by atoms with Crippen molar-refractivity contribution in [1.82, 2.24) is 15.0 Å². The van der Waals surface area contributed by atoms with E-state index < -0.39 is 11.7 Å². The first-order valence-electron chi connectivity index (χ1n) is 8.35. The number of nitrogens with zero attached hydrogens (tertiary/aromatic N) is 3. The molecule has 1 atom stereocenters. The lowest BCUT2D eigenvalue weighted by Gasteiger charge is -2.36. The Morgan fingerprint density at radius 2 is 1.96 bits per heavy atom. The molecule has 4 rings (SSSR count). The summed E-state index contributed by atoms with van der Waals surface area (Å²) in [5.41, 5.74) is 1.36. The van der Waals surface area contributed by atoms with Crippen molar-refractivity contribution in [2.75, 3.05) is 30.5 Å². The lowest BCUT2D eigenvalue weighted by atomic mass is 10.0. The first kappa shape index (κ1) is 16.9. The van der Waals surface area contributed by atoms with Gasteiger partial charge in [0.15, 0.2) is 0 Å². The topological polar surface area (TPSA) is 62.2 Å². The molecule has 1 aromatic heterocycles. The van der Waals surface area contributed by atoms with Crippen LogP contribution < -0.4 is 21.2 Å². The van der Waals surface area contributed by atoms with Crippen molar-refractivity contribution in [3.63, 3.8) is 0 Å². The zero-order valence-electron chi connectivity index (χ0n) is 14.1. The van der Waals surface area contributed by atoms with E-state index in [9.17, 15) is 18.0 Å². The van der Waals surface area contributed by atoms with E-state index in [-0.39, 0.29) is 11.6 Å². The van der Waals surface area contributed by atoms with E-state index >= 15 is 0 Å². The second-order valence-corrected chi connectivity index (χ2v) is 6.56. The SMILES string of the molecule is CN1C[C@@H](c2ccc(C(F)(F)F)cc2)Nc2nc3c(c(=O)n21)CNCC3. The largest absolute Gasteiger partial charge is 0.416 e. The van der Waals surface area contributed by atoms with Crippen LogP contribution in [0.15, 0.2) is 29.1 Å². The maximum Gasteiger partial charge on any atom is 0.416 e. The van der Waals surface area contributed by atoms with E-state index in [1.165, 1.54) is 16.8 Å². The zero-order chi connectivity index (χ0) is 18.5. The zero-order valence-corrected chi connectivity index (χ0v) is 14.1. The number of likely N-dealkylation sites (N-methyl/N-ethyl adjacent to an activating group) is 1. The van der Waals surface area contributed by atoms with Gasteiger partial charge in [0.25, 0.3) is 5.56 Å². The summed E-state index contributed by atoms with van der Waals surface area (Å²) in [4.78, 5) is 17.3. The molecule has 0 saturated carbocycles. The summed E-state index contributed by atoms with van der Waals surface area (Å²) in [6.45, 7) is 1.70. The minimum Gasteiger partial charge on any atom is -0.345 e. The Bertz CT molecular complexity index is 891. The number of benzene rings is 1. The van der Waals surface area contributed by atoms with Gasteiger partial charge in [-0.3, -0.25) is 4.79 Å². The summed E-state index contributed by atoms with van der Waals surface area (Å²) in [6, 6.07) is 4.82. The van der Waals surface area contributed by atoms with Crippen LogP contribution in [0.1, 0.15) is 28.4 Å². The fourth-order valence-electron chi connectivity index (χ4n) is 3.45. The van der Waals surface area contributed by atoms with Crippen LogP contribution in [0.4, 0.5) is 19.1 Å². The molecular formula is C17H18F3N5O. The summed E-state index contributed by atoms with van der Waals surface area (Å²) < 4.78 is 39.7. The van der Waals surface area contributed by atoms with Crippen molar-refractivity contribution in [1.29, 1.82) is 0 Å². The lowest BCUT2D eigenvalue weighted by molar-refractivity contribution is -0.137. The van der Waals surface area contributed by atoms with Crippen LogP contribution in [-0.2, 0) is 19.1 Å². The Morgan fingerprint density at radius 1 is 1.23 bits per heavy atom. The highest BCUT2D eigenvalue weighted by Crippen LogP contribution is 2.31. The van der Waals surface area contributed by atoms with Gasteiger partial charge >= 0.3 is 6.18 Å². The van der Waals surface area contributed by atoms with Crippen molar-refractivity contribution < 1.29 is 13.2 Å². The quantitative estimate of drug-likeness (QED) is 0.805. The van der Waals surface area contributed by atoms with Crippen LogP contribution >= 0.6 is 0 Å². The van der Waals surface area contributed by atoms with E-state index in [0.717, 1.165) is 24.4 Å². The molecule has 2 aromatic rings. The molecule has 2 aliphatic rings. The number of halogens is 3. The molecule has 0 radical (unpaired) electrons. The van der Waals surface area contributed by atoms with Crippen LogP contribution in [0.2, 0.25) is 0 Å². The maximum atomic E-state index is 12.7. The smallest absolute Gasteiger partial charge is 0.345 e. The minimum atomic E-state index is -4.36. The number of anilines is 1. The Balaban J connectivity index is 1.68. The molecule has 3 heterocycles.